The van der Waals surface area contributed by atoms with Crippen LogP contribution in [0.1, 0.15) is 82.7 Å². The van der Waals surface area contributed by atoms with Crippen LogP contribution in [-0.4, -0.2) is 93.1 Å². The summed E-state index contributed by atoms with van der Waals surface area (Å²) in [6, 6.07) is 16.9. The highest BCUT2D eigenvalue weighted by Gasteiger charge is 2.39. The van der Waals surface area contributed by atoms with Crippen LogP contribution in [-0.2, 0) is 25.7 Å². The summed E-state index contributed by atoms with van der Waals surface area (Å²) in [5.74, 6) is 1.73. The first-order valence-corrected chi connectivity index (χ1v) is 20.7. The van der Waals surface area contributed by atoms with E-state index in [9.17, 15) is 19.2 Å². The van der Waals surface area contributed by atoms with Crippen LogP contribution in [0, 0.1) is 11.8 Å². The number of hydrogen-bond donors (Lipinski definition) is 4. The molecule has 0 bridgehead atoms. The second-order valence-electron chi connectivity index (χ2n) is 16.5. The molecule has 0 spiro atoms. The van der Waals surface area contributed by atoms with E-state index in [0.717, 1.165) is 87.4 Å². The minimum absolute atomic E-state index is 0.113. The number of rotatable bonds is 10. The molecule has 0 radical (unpaired) electrons. The maximum atomic E-state index is 13.7. The summed E-state index contributed by atoms with van der Waals surface area (Å²) in [5.41, 5.74) is 8.67. The number of amides is 4. The van der Waals surface area contributed by atoms with Crippen molar-refractivity contribution in [3.63, 3.8) is 0 Å². The normalized spacial score (nSPS) is 18.2. The van der Waals surface area contributed by atoms with Crippen molar-refractivity contribution in [1.82, 2.24) is 40.4 Å². The smallest absolute Gasteiger partial charge is 0.407 e. The van der Waals surface area contributed by atoms with Crippen molar-refractivity contribution in [3.05, 3.63) is 78.0 Å². The van der Waals surface area contributed by atoms with Gasteiger partial charge in [0, 0.05) is 18.7 Å². The first kappa shape index (κ1) is 40.4. The Morgan fingerprint density at radius 3 is 1.95 bits per heavy atom. The second-order valence-corrected chi connectivity index (χ2v) is 16.5. The van der Waals surface area contributed by atoms with Gasteiger partial charge in [-0.25, -0.2) is 19.6 Å². The predicted octanol–water partition coefficient (Wildman–Crippen LogP) is 7.27. The maximum Gasteiger partial charge on any atom is 0.407 e. The Kier molecular flexibility index (Phi) is 11.2. The second kappa shape index (κ2) is 16.7. The van der Waals surface area contributed by atoms with E-state index in [4.69, 9.17) is 24.2 Å². The van der Waals surface area contributed by atoms with E-state index in [1.54, 1.807) is 0 Å². The average molecular weight is 817 g/mol. The molecular weight excluding hydrogens is 765 g/mol. The number of carbonyl (C=O) groups is 4. The molecule has 5 aromatic rings. The lowest BCUT2D eigenvalue weighted by atomic mass is 9.92. The van der Waals surface area contributed by atoms with E-state index in [0.29, 0.717) is 25.5 Å². The first-order valence-electron chi connectivity index (χ1n) is 20.7. The van der Waals surface area contributed by atoms with Gasteiger partial charge in [0.1, 0.15) is 36.1 Å². The molecule has 15 heteroatoms. The van der Waals surface area contributed by atoms with Gasteiger partial charge in [-0.3, -0.25) is 9.59 Å². The number of fused-ring (bicyclic) bond motifs is 4. The SMILES string of the molecule is COC(=O)NC(C(=O)N1CCCC1c1ncc(-c2ccc3c(c2)COc2cc(-c4ccc5nc(C6CCCN6C(=O)C(NC(=O)OC)C(C)C)[nH]c5c4)ccc2-3)[nH]1)C(C)C. The Bertz CT molecular complexity index is 2440. The van der Waals surface area contributed by atoms with Crippen LogP contribution in [0.15, 0.2) is 60.8 Å². The van der Waals surface area contributed by atoms with Crippen molar-refractivity contribution in [2.45, 2.75) is 84.2 Å². The lowest BCUT2D eigenvalue weighted by Gasteiger charge is -2.30. The first-order chi connectivity index (χ1) is 28.9. The van der Waals surface area contributed by atoms with E-state index in [2.05, 4.69) is 63.1 Å². The van der Waals surface area contributed by atoms with Crippen LogP contribution in [0.3, 0.4) is 0 Å². The Morgan fingerprint density at radius 1 is 0.733 bits per heavy atom. The number of alkyl carbamates (subject to hydrolysis) is 2. The zero-order valence-electron chi connectivity index (χ0n) is 34.8. The van der Waals surface area contributed by atoms with Gasteiger partial charge in [0.25, 0.3) is 0 Å². The predicted molar refractivity (Wildman–Crippen MR) is 225 cm³/mol. The lowest BCUT2D eigenvalue weighted by Crippen LogP contribution is -2.51. The molecule has 2 saturated heterocycles. The summed E-state index contributed by atoms with van der Waals surface area (Å²) >= 11 is 0. The molecule has 2 fully saturated rings. The van der Waals surface area contributed by atoms with Crippen molar-refractivity contribution in [2.75, 3.05) is 27.3 Å². The van der Waals surface area contributed by atoms with Gasteiger partial charge in [-0.15, -0.1) is 0 Å². The topological polar surface area (TPSA) is 184 Å². The third-order valence-corrected chi connectivity index (χ3v) is 12.0. The summed E-state index contributed by atoms with van der Waals surface area (Å²) in [6.45, 7) is 9.19. The molecule has 4 N–H and O–H groups in total. The van der Waals surface area contributed by atoms with Gasteiger partial charge in [-0.1, -0.05) is 58.0 Å². The summed E-state index contributed by atoms with van der Waals surface area (Å²) in [7, 11) is 2.58. The van der Waals surface area contributed by atoms with Crippen molar-refractivity contribution < 1.29 is 33.4 Å². The van der Waals surface area contributed by atoms with Gasteiger partial charge in [0.05, 0.1) is 49.2 Å². The molecule has 3 aliphatic heterocycles. The fourth-order valence-corrected chi connectivity index (χ4v) is 8.75. The molecule has 2 aromatic heterocycles. The third-order valence-electron chi connectivity index (χ3n) is 12.0. The fraction of sp³-hybridized carbons (Fsp3) is 0.422. The van der Waals surface area contributed by atoms with E-state index in [1.807, 2.05) is 55.8 Å². The largest absolute Gasteiger partial charge is 0.488 e. The Labute approximate surface area is 348 Å². The number of ether oxygens (including phenoxy) is 3. The molecule has 15 nitrogen and oxygen atoms in total. The van der Waals surface area contributed by atoms with E-state index in [-0.39, 0.29) is 35.7 Å². The fourth-order valence-electron chi connectivity index (χ4n) is 8.75. The van der Waals surface area contributed by atoms with Gasteiger partial charge in [-0.05, 0) is 89.6 Å². The number of benzene rings is 3. The highest BCUT2D eigenvalue weighted by atomic mass is 16.5. The van der Waals surface area contributed by atoms with E-state index < -0.39 is 24.3 Å². The number of aromatic nitrogens is 4. The van der Waals surface area contributed by atoms with E-state index >= 15 is 0 Å². The number of aromatic amines is 2. The van der Waals surface area contributed by atoms with Crippen LogP contribution >= 0.6 is 0 Å². The zero-order chi connectivity index (χ0) is 42.2. The van der Waals surface area contributed by atoms with Crippen LogP contribution in [0.5, 0.6) is 5.75 Å². The summed E-state index contributed by atoms with van der Waals surface area (Å²) < 4.78 is 15.9. The van der Waals surface area contributed by atoms with Gasteiger partial charge in [0.2, 0.25) is 11.8 Å². The quantitative estimate of drug-likeness (QED) is 0.113. The minimum atomic E-state index is -0.699. The molecule has 60 heavy (non-hydrogen) atoms. The van der Waals surface area contributed by atoms with Gasteiger partial charge >= 0.3 is 12.2 Å². The molecule has 0 aliphatic carbocycles. The highest BCUT2D eigenvalue weighted by molar-refractivity contribution is 5.88. The summed E-state index contributed by atoms with van der Waals surface area (Å²) in [5, 5.41) is 5.41. The Morgan fingerprint density at radius 2 is 1.32 bits per heavy atom. The number of hydrogen-bond acceptors (Lipinski definition) is 9. The highest BCUT2D eigenvalue weighted by Crippen LogP contribution is 2.42. The maximum absolute atomic E-state index is 13.7. The summed E-state index contributed by atoms with van der Waals surface area (Å²) in [6.07, 6.45) is 3.78. The van der Waals surface area contributed by atoms with Gasteiger partial charge < -0.3 is 44.6 Å². The molecule has 4 amide bonds. The van der Waals surface area contributed by atoms with Gasteiger partial charge in [0.15, 0.2) is 0 Å². The average Bonchev–Trinajstić information content (AvgIpc) is 4.09. The molecule has 3 aromatic carbocycles. The molecule has 8 rings (SSSR count). The molecule has 0 saturated carbocycles. The van der Waals surface area contributed by atoms with Gasteiger partial charge in [-0.2, -0.15) is 0 Å². The minimum Gasteiger partial charge on any atom is -0.488 e. The lowest BCUT2D eigenvalue weighted by molar-refractivity contribution is -0.136. The van der Waals surface area contributed by atoms with Crippen LogP contribution in [0.2, 0.25) is 0 Å². The molecule has 3 aliphatic rings. The van der Waals surface area contributed by atoms with E-state index in [1.165, 1.54) is 14.2 Å². The van der Waals surface area contributed by atoms with Crippen molar-refractivity contribution >= 4 is 35.0 Å². The monoisotopic (exact) mass is 816 g/mol. The molecule has 314 valence electrons. The zero-order valence-corrected chi connectivity index (χ0v) is 34.8. The number of methoxy groups -OCH3 is 2. The Balaban J connectivity index is 0.978. The number of H-pyrrole nitrogens is 2. The molecule has 4 atom stereocenters. The molecular formula is C45H52N8O7. The third kappa shape index (κ3) is 7.75. The van der Waals surface area contributed by atoms with Crippen molar-refractivity contribution in [1.29, 1.82) is 0 Å². The number of carbonyl (C=O) groups excluding carboxylic acids is 4. The summed E-state index contributed by atoms with van der Waals surface area (Å²) in [4.78, 5) is 71.5. The molecule has 5 heterocycles. The standard InChI is InChI=1S/C45H52N8O7/c1-24(2)38(50-44(56)58-5)42(54)52-17-7-9-35(52)40-46-22-34(49-40)28-12-14-30-29(19-28)23-60-37-21-27(11-15-31(30)37)26-13-16-32-33(20-26)48-41(47-32)36-10-8-18-53(36)43(55)39(25(3)4)51-45(57)59-6/h11-16,19-22,24-25,35-36,38-39H,7-10,17-18,23H2,1-6H3,(H,46,49)(H,47,48)(H,50,56)(H,51,57). The number of likely N-dealkylation sites (tertiary alicyclic amines) is 2. The molecule has 4 unspecified atom stereocenters. The number of imidazole rings is 2. The van der Waals surface area contributed by atoms with Crippen molar-refractivity contribution in [2.24, 2.45) is 11.8 Å². The van der Waals surface area contributed by atoms with Crippen molar-refractivity contribution in [3.8, 4) is 39.3 Å². The number of nitrogens with one attached hydrogen (secondary N) is 4. The van der Waals surface area contributed by atoms with Crippen LogP contribution in [0.25, 0.3) is 44.5 Å². The van der Waals surface area contributed by atoms with Crippen LogP contribution < -0.4 is 15.4 Å². The van der Waals surface area contributed by atoms with Crippen LogP contribution in [0.4, 0.5) is 9.59 Å². The number of nitrogens with zero attached hydrogens (tertiary/aromatic N) is 4. The Hall–Kier alpha value is -6.38.